The van der Waals surface area contributed by atoms with Gasteiger partial charge in [-0.05, 0) is 26.8 Å². The van der Waals surface area contributed by atoms with Gasteiger partial charge in [-0.15, -0.1) is 12.6 Å². The van der Waals surface area contributed by atoms with E-state index >= 15 is 0 Å². The molecule has 0 radical (unpaired) electrons. The summed E-state index contributed by atoms with van der Waals surface area (Å²) < 4.78 is 5.24. The molecule has 0 spiro atoms. The molecule has 0 aliphatic carbocycles. The predicted molar refractivity (Wildman–Crippen MR) is 66.1 cm³/mol. The minimum Gasteiger partial charge on any atom is -0.443 e. The first-order valence-electron chi connectivity index (χ1n) is 4.91. The van der Waals surface area contributed by atoms with Crippen molar-refractivity contribution in [3.05, 3.63) is 18.5 Å². The second kappa shape index (κ2) is 4.74. The molecule has 5 heteroatoms. The zero-order valence-electron chi connectivity index (χ0n) is 9.89. The summed E-state index contributed by atoms with van der Waals surface area (Å²) in [7, 11) is 1.64. The Balaban J connectivity index is 2.83. The lowest BCUT2D eigenvalue weighted by Gasteiger charge is -2.25. The third-order valence-corrected chi connectivity index (χ3v) is 2.15. The van der Waals surface area contributed by atoms with Crippen LogP contribution in [-0.2, 0) is 4.74 Å². The predicted octanol–water partition coefficient (Wildman–Crippen LogP) is 2.74. The third kappa shape index (κ3) is 3.41. The molecule has 0 saturated heterocycles. The topological polar surface area (TPSA) is 42.4 Å². The third-order valence-electron chi connectivity index (χ3n) is 1.81. The van der Waals surface area contributed by atoms with Gasteiger partial charge in [-0.2, -0.15) is 0 Å². The SMILES string of the molecule is CN(C(=O)OC(C)(C)C)c1ccncc1S. The highest BCUT2D eigenvalue weighted by atomic mass is 32.1. The van der Waals surface area contributed by atoms with Crippen LogP contribution in [0.3, 0.4) is 0 Å². The van der Waals surface area contributed by atoms with E-state index in [1.165, 1.54) is 4.90 Å². The van der Waals surface area contributed by atoms with Crippen LogP contribution in [0.4, 0.5) is 10.5 Å². The van der Waals surface area contributed by atoms with E-state index in [0.29, 0.717) is 10.6 Å². The van der Waals surface area contributed by atoms with E-state index in [9.17, 15) is 4.79 Å². The number of anilines is 1. The number of nitrogens with zero attached hydrogens (tertiary/aromatic N) is 2. The molecule has 0 bridgehead atoms. The zero-order chi connectivity index (χ0) is 12.3. The van der Waals surface area contributed by atoms with Gasteiger partial charge in [-0.25, -0.2) is 4.79 Å². The molecule has 1 rings (SSSR count). The Bertz CT molecular complexity index is 388. The second-order valence-electron chi connectivity index (χ2n) is 4.40. The molecule has 1 heterocycles. The van der Waals surface area contributed by atoms with Crippen LogP contribution in [0.5, 0.6) is 0 Å². The minimum absolute atomic E-state index is 0.408. The van der Waals surface area contributed by atoms with E-state index in [0.717, 1.165) is 0 Å². The van der Waals surface area contributed by atoms with Crippen LogP contribution in [0, 0.1) is 0 Å². The van der Waals surface area contributed by atoms with Crippen molar-refractivity contribution in [1.82, 2.24) is 4.98 Å². The van der Waals surface area contributed by atoms with Gasteiger partial charge in [0.2, 0.25) is 0 Å². The quantitative estimate of drug-likeness (QED) is 0.767. The number of carbonyl (C=O) groups excluding carboxylic acids is 1. The molecule has 1 aromatic heterocycles. The van der Waals surface area contributed by atoms with Gasteiger partial charge in [0.05, 0.1) is 5.69 Å². The van der Waals surface area contributed by atoms with Crippen molar-refractivity contribution in [2.75, 3.05) is 11.9 Å². The highest BCUT2D eigenvalue weighted by molar-refractivity contribution is 7.80. The summed E-state index contributed by atoms with van der Waals surface area (Å²) in [5.41, 5.74) is 0.169. The summed E-state index contributed by atoms with van der Waals surface area (Å²) in [6, 6.07) is 1.71. The molecule has 0 aromatic carbocycles. The van der Waals surface area contributed by atoms with Crippen LogP contribution in [0.25, 0.3) is 0 Å². The van der Waals surface area contributed by atoms with Crippen LogP contribution >= 0.6 is 12.6 Å². The first kappa shape index (κ1) is 12.8. The molecule has 0 unspecified atom stereocenters. The molecule has 16 heavy (non-hydrogen) atoms. The lowest BCUT2D eigenvalue weighted by molar-refractivity contribution is 0.0589. The first-order valence-corrected chi connectivity index (χ1v) is 5.35. The zero-order valence-corrected chi connectivity index (χ0v) is 10.8. The Hall–Kier alpha value is -1.23. The maximum atomic E-state index is 11.8. The number of ether oxygens (including phenoxy) is 1. The number of carbonyl (C=O) groups is 1. The Morgan fingerprint density at radius 1 is 1.50 bits per heavy atom. The number of pyridine rings is 1. The fourth-order valence-corrected chi connectivity index (χ4v) is 1.38. The first-order chi connectivity index (χ1) is 7.31. The van der Waals surface area contributed by atoms with E-state index < -0.39 is 11.7 Å². The van der Waals surface area contributed by atoms with E-state index in [-0.39, 0.29) is 0 Å². The second-order valence-corrected chi connectivity index (χ2v) is 4.89. The van der Waals surface area contributed by atoms with Crippen molar-refractivity contribution in [3.8, 4) is 0 Å². The van der Waals surface area contributed by atoms with Gasteiger partial charge < -0.3 is 4.74 Å². The summed E-state index contributed by atoms with van der Waals surface area (Å²) >= 11 is 4.23. The Morgan fingerprint density at radius 2 is 2.12 bits per heavy atom. The molecule has 0 atom stereocenters. The molecule has 0 aliphatic rings. The summed E-state index contributed by atoms with van der Waals surface area (Å²) in [6.07, 6.45) is 2.78. The molecule has 0 N–H and O–H groups in total. The number of hydrogen-bond donors (Lipinski definition) is 1. The van der Waals surface area contributed by atoms with Crippen LogP contribution in [0.1, 0.15) is 20.8 Å². The Labute approximate surface area is 101 Å². The van der Waals surface area contributed by atoms with Gasteiger partial charge >= 0.3 is 6.09 Å². The van der Waals surface area contributed by atoms with Crippen molar-refractivity contribution in [3.63, 3.8) is 0 Å². The summed E-state index contributed by atoms with van der Waals surface area (Å²) in [6.45, 7) is 5.48. The minimum atomic E-state index is -0.505. The average Bonchev–Trinajstić information content (AvgIpc) is 2.15. The fraction of sp³-hybridized carbons (Fsp3) is 0.455. The van der Waals surface area contributed by atoms with Gasteiger partial charge in [0.25, 0.3) is 0 Å². The van der Waals surface area contributed by atoms with Crippen molar-refractivity contribution >= 4 is 24.4 Å². The Kier molecular flexibility index (Phi) is 3.80. The normalized spacial score (nSPS) is 11.1. The van der Waals surface area contributed by atoms with Crippen molar-refractivity contribution in [2.45, 2.75) is 31.3 Å². The number of rotatable bonds is 1. The molecule has 4 nitrogen and oxygen atoms in total. The maximum Gasteiger partial charge on any atom is 0.414 e. The highest BCUT2D eigenvalue weighted by Gasteiger charge is 2.21. The van der Waals surface area contributed by atoms with Crippen LogP contribution in [-0.4, -0.2) is 23.7 Å². The number of hydrogen-bond acceptors (Lipinski definition) is 4. The Morgan fingerprint density at radius 3 is 2.62 bits per heavy atom. The smallest absolute Gasteiger partial charge is 0.414 e. The molecule has 0 fully saturated rings. The molecule has 88 valence electrons. The molecule has 1 aromatic rings. The summed E-state index contributed by atoms with van der Waals surface area (Å²) in [5, 5.41) is 0. The van der Waals surface area contributed by atoms with Gasteiger partial charge in [0.1, 0.15) is 5.60 Å². The van der Waals surface area contributed by atoms with Gasteiger partial charge in [-0.1, -0.05) is 0 Å². The van der Waals surface area contributed by atoms with Gasteiger partial charge in [0.15, 0.2) is 0 Å². The fourth-order valence-electron chi connectivity index (χ4n) is 1.09. The summed E-state index contributed by atoms with van der Waals surface area (Å²) in [4.78, 5) is 17.7. The highest BCUT2D eigenvalue weighted by Crippen LogP contribution is 2.22. The van der Waals surface area contributed by atoms with E-state index in [4.69, 9.17) is 4.74 Å². The molecule has 0 aliphatic heterocycles. The van der Waals surface area contributed by atoms with Crippen molar-refractivity contribution < 1.29 is 9.53 Å². The maximum absolute atomic E-state index is 11.8. The average molecular weight is 240 g/mol. The van der Waals surface area contributed by atoms with Crippen molar-refractivity contribution in [1.29, 1.82) is 0 Å². The largest absolute Gasteiger partial charge is 0.443 e. The van der Waals surface area contributed by atoms with Crippen LogP contribution in [0.15, 0.2) is 23.4 Å². The molecular weight excluding hydrogens is 224 g/mol. The van der Waals surface area contributed by atoms with Crippen molar-refractivity contribution in [2.24, 2.45) is 0 Å². The number of aromatic nitrogens is 1. The standard InChI is InChI=1S/C11H16N2O2S/c1-11(2,3)15-10(14)13(4)8-5-6-12-7-9(8)16/h5-7,16H,1-4H3. The number of amides is 1. The van der Waals surface area contributed by atoms with Crippen LogP contribution in [0.2, 0.25) is 0 Å². The van der Waals surface area contributed by atoms with E-state index in [2.05, 4.69) is 17.6 Å². The molecule has 1 amide bonds. The van der Waals surface area contributed by atoms with E-state index in [1.54, 1.807) is 25.5 Å². The monoisotopic (exact) mass is 240 g/mol. The molecular formula is C11H16N2O2S. The van der Waals surface area contributed by atoms with Gasteiger partial charge in [-0.3, -0.25) is 9.88 Å². The lowest BCUT2D eigenvalue weighted by Crippen LogP contribution is -2.34. The molecule has 0 saturated carbocycles. The lowest BCUT2D eigenvalue weighted by atomic mass is 10.2. The van der Waals surface area contributed by atoms with E-state index in [1.807, 2.05) is 20.8 Å². The summed E-state index contributed by atoms with van der Waals surface area (Å²) in [5.74, 6) is 0. The van der Waals surface area contributed by atoms with Crippen LogP contribution < -0.4 is 4.90 Å². The van der Waals surface area contributed by atoms with Gasteiger partial charge in [0, 0.05) is 24.3 Å². The number of thiol groups is 1.